The summed E-state index contributed by atoms with van der Waals surface area (Å²) in [6, 6.07) is 14.3. The van der Waals surface area contributed by atoms with Crippen LogP contribution in [0.4, 0.5) is 0 Å². The van der Waals surface area contributed by atoms with Crippen LogP contribution in [0.2, 0.25) is 0 Å². The summed E-state index contributed by atoms with van der Waals surface area (Å²) in [7, 11) is 7.03. The Morgan fingerprint density at radius 1 is 0.743 bits per heavy atom. The molecule has 3 aromatic rings. The minimum atomic E-state index is 0.696. The molecule has 1 heterocycles. The van der Waals surface area contributed by atoms with Gasteiger partial charge in [-0.25, -0.2) is 0 Å². The Balaban J connectivity index is 1.44. The van der Waals surface area contributed by atoms with Crippen molar-refractivity contribution in [2.24, 2.45) is 7.05 Å². The van der Waals surface area contributed by atoms with Gasteiger partial charge in [0.05, 0.1) is 33.6 Å². The molecule has 0 saturated heterocycles. The van der Waals surface area contributed by atoms with E-state index in [4.69, 9.17) is 24.0 Å². The van der Waals surface area contributed by atoms with Gasteiger partial charge >= 0.3 is 0 Å². The average Bonchev–Trinajstić information content (AvgIpc) is 3.26. The van der Waals surface area contributed by atoms with Gasteiger partial charge in [0.15, 0.2) is 0 Å². The molecule has 0 amide bonds. The maximum atomic E-state index is 5.97. The summed E-state index contributed by atoms with van der Waals surface area (Å²) in [6.45, 7) is 2.93. The van der Waals surface area contributed by atoms with Crippen molar-refractivity contribution in [2.45, 2.75) is 58.3 Å². The molecule has 0 unspecified atom stereocenters. The Morgan fingerprint density at radius 3 is 2.06 bits per heavy atom. The third-order valence-corrected chi connectivity index (χ3v) is 6.32. The van der Waals surface area contributed by atoms with E-state index in [1.807, 2.05) is 36.0 Å². The van der Waals surface area contributed by atoms with E-state index in [0.717, 1.165) is 71.9 Å². The molecular formula is C29H40N2O4. The summed E-state index contributed by atoms with van der Waals surface area (Å²) in [5.41, 5.74) is 4.51. The van der Waals surface area contributed by atoms with Gasteiger partial charge in [-0.2, -0.15) is 5.10 Å². The zero-order chi connectivity index (χ0) is 25.0. The summed E-state index contributed by atoms with van der Waals surface area (Å²) >= 11 is 0. The summed E-state index contributed by atoms with van der Waals surface area (Å²) in [5.74, 6) is 3.24. The lowest BCUT2D eigenvalue weighted by Crippen LogP contribution is -2.00. The van der Waals surface area contributed by atoms with E-state index in [2.05, 4.69) is 25.1 Å². The molecule has 0 atom stereocenters. The molecule has 0 fully saturated rings. The Morgan fingerprint density at radius 2 is 1.43 bits per heavy atom. The van der Waals surface area contributed by atoms with Gasteiger partial charge in [-0.05, 0) is 68.9 Å². The molecule has 0 radical (unpaired) electrons. The predicted octanol–water partition coefficient (Wildman–Crippen LogP) is 6.64. The summed E-state index contributed by atoms with van der Waals surface area (Å²) in [6.07, 6.45) is 8.75. The first-order chi connectivity index (χ1) is 17.1. The molecule has 0 saturated carbocycles. The number of rotatable bonds is 15. The van der Waals surface area contributed by atoms with Crippen LogP contribution in [0.25, 0.3) is 11.3 Å². The maximum Gasteiger partial charge on any atom is 0.129 e. The van der Waals surface area contributed by atoms with Crippen molar-refractivity contribution >= 4 is 0 Å². The number of methoxy groups -OCH3 is 3. The molecule has 1 aromatic heterocycles. The van der Waals surface area contributed by atoms with Crippen LogP contribution < -0.4 is 18.9 Å². The Bertz CT molecular complexity index is 1020. The van der Waals surface area contributed by atoms with Crippen molar-refractivity contribution in [2.75, 3.05) is 27.9 Å². The number of benzene rings is 2. The second-order valence-corrected chi connectivity index (χ2v) is 8.80. The molecule has 6 heteroatoms. The number of hydrogen-bond acceptors (Lipinski definition) is 5. The third kappa shape index (κ3) is 7.41. The van der Waals surface area contributed by atoms with Crippen molar-refractivity contribution in [3.8, 4) is 34.3 Å². The van der Waals surface area contributed by atoms with Crippen LogP contribution in [0.15, 0.2) is 42.5 Å². The lowest BCUT2D eigenvalue weighted by atomic mass is 10.0. The molecule has 2 aromatic carbocycles. The highest BCUT2D eigenvalue weighted by Gasteiger charge is 2.13. The van der Waals surface area contributed by atoms with Crippen LogP contribution in [0.5, 0.6) is 23.0 Å². The highest BCUT2D eigenvalue weighted by molar-refractivity contribution is 5.60. The molecule has 0 N–H and O–H groups in total. The minimum absolute atomic E-state index is 0.696. The molecule has 0 aliphatic heterocycles. The fourth-order valence-electron chi connectivity index (χ4n) is 4.25. The molecule has 0 bridgehead atoms. The maximum absolute atomic E-state index is 5.97. The van der Waals surface area contributed by atoms with Crippen LogP contribution in [0.1, 0.15) is 56.7 Å². The van der Waals surface area contributed by atoms with E-state index in [0.29, 0.717) is 6.61 Å². The fourth-order valence-corrected chi connectivity index (χ4v) is 4.25. The van der Waals surface area contributed by atoms with Gasteiger partial charge in [0, 0.05) is 36.0 Å². The topological polar surface area (TPSA) is 54.7 Å². The van der Waals surface area contributed by atoms with Gasteiger partial charge in [-0.1, -0.05) is 19.8 Å². The number of unbranched alkanes of at least 4 members (excludes halogenated alkanes) is 4. The van der Waals surface area contributed by atoms with E-state index in [1.165, 1.54) is 25.0 Å². The quantitative estimate of drug-likeness (QED) is 0.228. The second kappa shape index (κ2) is 13.7. The molecule has 6 nitrogen and oxygen atoms in total. The number of aryl methyl sites for hydroxylation is 2. The van der Waals surface area contributed by atoms with E-state index in [-0.39, 0.29) is 0 Å². The molecule has 0 spiro atoms. The predicted molar refractivity (Wildman–Crippen MR) is 141 cm³/mol. The van der Waals surface area contributed by atoms with Crippen molar-refractivity contribution in [1.82, 2.24) is 9.78 Å². The van der Waals surface area contributed by atoms with Crippen molar-refractivity contribution in [1.29, 1.82) is 0 Å². The van der Waals surface area contributed by atoms with Gasteiger partial charge in [-0.15, -0.1) is 0 Å². The van der Waals surface area contributed by atoms with Crippen LogP contribution in [-0.2, 0) is 19.9 Å². The van der Waals surface area contributed by atoms with Gasteiger partial charge < -0.3 is 18.9 Å². The van der Waals surface area contributed by atoms with Crippen LogP contribution in [0, 0.1) is 0 Å². The van der Waals surface area contributed by atoms with Gasteiger partial charge in [0.2, 0.25) is 0 Å². The summed E-state index contributed by atoms with van der Waals surface area (Å²) in [5, 5.41) is 4.70. The Labute approximate surface area is 210 Å². The summed E-state index contributed by atoms with van der Waals surface area (Å²) < 4.78 is 24.4. The van der Waals surface area contributed by atoms with E-state index < -0.39 is 0 Å². The van der Waals surface area contributed by atoms with E-state index >= 15 is 0 Å². The van der Waals surface area contributed by atoms with Crippen molar-refractivity contribution in [3.05, 3.63) is 53.7 Å². The monoisotopic (exact) mass is 480 g/mol. The molecule has 3 rings (SSSR count). The van der Waals surface area contributed by atoms with Gasteiger partial charge in [0.25, 0.3) is 0 Å². The highest BCUT2D eigenvalue weighted by Crippen LogP contribution is 2.35. The third-order valence-electron chi connectivity index (χ3n) is 6.32. The first-order valence-electron chi connectivity index (χ1n) is 12.6. The SMILES string of the molecule is CCCCCc1cc(-c2ccc(OCCCCCc3c(OC)cc(OC)cc3OC)cc2)nn1C. The average molecular weight is 481 g/mol. The first kappa shape index (κ1) is 26.5. The van der Waals surface area contributed by atoms with E-state index in [1.54, 1.807) is 21.3 Å². The molecule has 0 aliphatic rings. The highest BCUT2D eigenvalue weighted by atomic mass is 16.5. The smallest absolute Gasteiger partial charge is 0.129 e. The van der Waals surface area contributed by atoms with Gasteiger partial charge in [0.1, 0.15) is 23.0 Å². The standard InChI is InChI=1S/C29H40N2O4/c1-6-7-9-12-23-19-27(30-31(23)2)22-14-16-24(17-15-22)35-18-11-8-10-13-26-28(33-4)20-25(32-3)21-29(26)34-5/h14-17,19-21H,6-13,18H2,1-5H3. The molecule has 35 heavy (non-hydrogen) atoms. The minimum Gasteiger partial charge on any atom is -0.496 e. The van der Waals surface area contributed by atoms with Crippen LogP contribution in [0.3, 0.4) is 0 Å². The van der Waals surface area contributed by atoms with Crippen LogP contribution >= 0.6 is 0 Å². The lowest BCUT2D eigenvalue weighted by molar-refractivity contribution is 0.305. The zero-order valence-electron chi connectivity index (χ0n) is 21.9. The van der Waals surface area contributed by atoms with E-state index in [9.17, 15) is 0 Å². The van der Waals surface area contributed by atoms with Crippen molar-refractivity contribution in [3.63, 3.8) is 0 Å². The van der Waals surface area contributed by atoms with Gasteiger partial charge in [-0.3, -0.25) is 4.68 Å². The van der Waals surface area contributed by atoms with Crippen molar-refractivity contribution < 1.29 is 18.9 Å². The first-order valence-corrected chi connectivity index (χ1v) is 12.6. The molecular weight excluding hydrogens is 440 g/mol. The Hall–Kier alpha value is -3.15. The van der Waals surface area contributed by atoms with Crippen LogP contribution in [-0.4, -0.2) is 37.7 Å². The zero-order valence-corrected chi connectivity index (χ0v) is 21.9. The Kier molecular flexibility index (Phi) is 10.3. The normalized spacial score (nSPS) is 10.9. The largest absolute Gasteiger partial charge is 0.496 e. The fraction of sp³-hybridized carbons (Fsp3) is 0.483. The number of aromatic nitrogens is 2. The molecule has 0 aliphatic carbocycles. The second-order valence-electron chi connectivity index (χ2n) is 8.80. The summed E-state index contributed by atoms with van der Waals surface area (Å²) in [4.78, 5) is 0. The molecule has 190 valence electrons. The number of nitrogens with zero attached hydrogens (tertiary/aromatic N) is 2. The number of hydrogen-bond donors (Lipinski definition) is 0. The number of ether oxygens (including phenoxy) is 4. The lowest BCUT2D eigenvalue weighted by Gasteiger charge is -2.15.